The van der Waals surface area contributed by atoms with Gasteiger partial charge in [0.2, 0.25) is 0 Å². The number of rotatable bonds is 2. The molecule has 1 N–H and O–H groups in total. The van der Waals surface area contributed by atoms with Crippen LogP contribution in [0.5, 0.6) is 0 Å². The second kappa shape index (κ2) is 5.51. The third-order valence-electron chi connectivity index (χ3n) is 3.40. The molecule has 0 fully saturated rings. The molecular formula is C16H11ClN2O2S. The zero-order chi connectivity index (χ0) is 15.9. The molecule has 0 atom stereocenters. The third kappa shape index (κ3) is 2.38. The van der Waals surface area contributed by atoms with Gasteiger partial charge in [0, 0.05) is 5.56 Å². The number of nitrogens with one attached hydrogen (secondary N) is 1. The Balaban J connectivity index is 2.41. The summed E-state index contributed by atoms with van der Waals surface area (Å²) >= 11 is 11.5. The van der Waals surface area contributed by atoms with Crippen molar-refractivity contribution >= 4 is 40.5 Å². The van der Waals surface area contributed by atoms with Gasteiger partial charge in [-0.15, -0.1) is 0 Å². The quantitative estimate of drug-likeness (QED) is 0.572. The molecule has 6 heteroatoms. The number of hydrogen-bond donors (Lipinski definition) is 1. The summed E-state index contributed by atoms with van der Waals surface area (Å²) in [6.07, 6.45) is 0. The Morgan fingerprint density at radius 1 is 1.23 bits per heavy atom. The molecule has 0 amide bonds. The molecule has 2 aromatic carbocycles. The lowest BCUT2D eigenvalue weighted by Gasteiger charge is -2.11. The molecule has 22 heavy (non-hydrogen) atoms. The van der Waals surface area contributed by atoms with E-state index in [2.05, 4.69) is 4.98 Å². The Hall–Kier alpha value is -2.24. The smallest absolute Gasteiger partial charge is 0.266 e. The number of carbonyl (C=O) groups excluding carboxylic acids is 1. The van der Waals surface area contributed by atoms with Crippen molar-refractivity contribution in [1.82, 2.24) is 9.55 Å². The third-order valence-corrected chi connectivity index (χ3v) is 4.00. The zero-order valence-electron chi connectivity index (χ0n) is 11.6. The van der Waals surface area contributed by atoms with Crippen molar-refractivity contribution in [2.75, 3.05) is 0 Å². The average Bonchev–Trinajstić information content (AvgIpc) is 2.48. The van der Waals surface area contributed by atoms with Crippen molar-refractivity contribution in [3.63, 3.8) is 0 Å². The van der Waals surface area contributed by atoms with Crippen LogP contribution < -0.4 is 5.56 Å². The molecule has 0 spiro atoms. The fourth-order valence-corrected chi connectivity index (χ4v) is 2.78. The normalized spacial score (nSPS) is 10.8. The summed E-state index contributed by atoms with van der Waals surface area (Å²) in [6.45, 7) is 1.46. The highest BCUT2D eigenvalue weighted by molar-refractivity contribution is 7.71. The Kier molecular flexibility index (Phi) is 3.68. The molecule has 0 radical (unpaired) electrons. The van der Waals surface area contributed by atoms with E-state index in [0.29, 0.717) is 27.2 Å². The minimum atomic E-state index is -0.276. The fourth-order valence-electron chi connectivity index (χ4n) is 2.28. The predicted octanol–water partition coefficient (Wildman–Crippen LogP) is 3.90. The van der Waals surface area contributed by atoms with Crippen LogP contribution in [0.1, 0.15) is 17.3 Å². The van der Waals surface area contributed by atoms with Crippen LogP contribution in [0.2, 0.25) is 5.02 Å². The number of Topliss-reactive ketones (excluding diaryl/α,β-unsaturated/α-hetero) is 1. The molecule has 4 nitrogen and oxygen atoms in total. The largest absolute Gasteiger partial charge is 0.331 e. The Labute approximate surface area is 136 Å². The number of aromatic nitrogens is 2. The molecule has 3 rings (SSSR count). The summed E-state index contributed by atoms with van der Waals surface area (Å²) in [5.41, 5.74) is 1.25. The van der Waals surface area contributed by atoms with Gasteiger partial charge in [-0.05, 0) is 49.5 Å². The standard InChI is InChI=1S/C16H11ClN2O2S/c1-9(20)10-6-7-12(17)14(8-10)19-15(21)11-4-2-3-5-13(11)18-16(19)22/h2-8H,1H3,(H,18,22). The monoisotopic (exact) mass is 330 g/mol. The van der Waals surface area contributed by atoms with Crippen LogP contribution in [0.4, 0.5) is 0 Å². The van der Waals surface area contributed by atoms with Gasteiger partial charge in [0.15, 0.2) is 10.6 Å². The van der Waals surface area contributed by atoms with E-state index in [-0.39, 0.29) is 16.1 Å². The number of ketones is 1. The molecule has 110 valence electrons. The number of hydrogen-bond acceptors (Lipinski definition) is 3. The molecule has 1 heterocycles. The van der Waals surface area contributed by atoms with Gasteiger partial charge in [-0.25, -0.2) is 0 Å². The van der Waals surface area contributed by atoms with Crippen molar-refractivity contribution in [2.24, 2.45) is 0 Å². The summed E-state index contributed by atoms with van der Waals surface area (Å²) in [6, 6.07) is 11.9. The topological polar surface area (TPSA) is 54.9 Å². The van der Waals surface area contributed by atoms with E-state index in [1.807, 2.05) is 6.07 Å². The Morgan fingerprint density at radius 2 is 1.95 bits per heavy atom. The van der Waals surface area contributed by atoms with Crippen LogP contribution in [-0.2, 0) is 0 Å². The van der Waals surface area contributed by atoms with Gasteiger partial charge in [-0.3, -0.25) is 14.2 Å². The highest BCUT2D eigenvalue weighted by Gasteiger charge is 2.12. The SMILES string of the molecule is CC(=O)c1ccc(Cl)c(-n2c(=S)[nH]c3ccccc3c2=O)c1. The van der Waals surface area contributed by atoms with Crippen LogP contribution >= 0.6 is 23.8 Å². The number of fused-ring (bicyclic) bond motifs is 1. The van der Waals surface area contributed by atoms with Gasteiger partial charge < -0.3 is 4.98 Å². The Morgan fingerprint density at radius 3 is 2.68 bits per heavy atom. The lowest BCUT2D eigenvalue weighted by Crippen LogP contribution is -2.21. The van der Waals surface area contributed by atoms with Crippen LogP contribution in [-0.4, -0.2) is 15.3 Å². The van der Waals surface area contributed by atoms with Crippen molar-refractivity contribution < 1.29 is 4.79 Å². The van der Waals surface area contributed by atoms with E-state index in [0.717, 1.165) is 0 Å². The molecule has 1 aromatic heterocycles. The van der Waals surface area contributed by atoms with Gasteiger partial charge >= 0.3 is 0 Å². The van der Waals surface area contributed by atoms with Crippen molar-refractivity contribution in [2.45, 2.75) is 6.92 Å². The second-order valence-electron chi connectivity index (χ2n) is 4.84. The van der Waals surface area contributed by atoms with Crippen LogP contribution in [0.25, 0.3) is 16.6 Å². The van der Waals surface area contributed by atoms with Gasteiger partial charge in [0.1, 0.15) is 0 Å². The number of nitrogens with zero attached hydrogens (tertiary/aromatic N) is 1. The molecule has 3 aromatic rings. The molecule has 0 aliphatic heterocycles. The first kappa shape index (κ1) is 14.7. The number of para-hydroxylation sites is 1. The molecule has 0 aliphatic rings. The minimum absolute atomic E-state index is 0.110. The predicted molar refractivity (Wildman–Crippen MR) is 89.7 cm³/mol. The lowest BCUT2D eigenvalue weighted by atomic mass is 10.1. The number of H-pyrrole nitrogens is 1. The molecule has 0 bridgehead atoms. The van der Waals surface area contributed by atoms with E-state index in [1.54, 1.807) is 36.4 Å². The minimum Gasteiger partial charge on any atom is -0.331 e. The van der Waals surface area contributed by atoms with Crippen LogP contribution in [0.3, 0.4) is 0 Å². The molecule has 0 aliphatic carbocycles. The van der Waals surface area contributed by atoms with E-state index < -0.39 is 0 Å². The summed E-state index contributed by atoms with van der Waals surface area (Å²) in [5.74, 6) is -0.110. The maximum Gasteiger partial charge on any atom is 0.266 e. The van der Waals surface area contributed by atoms with Gasteiger partial charge in [-0.2, -0.15) is 0 Å². The van der Waals surface area contributed by atoms with Gasteiger partial charge in [0.25, 0.3) is 5.56 Å². The van der Waals surface area contributed by atoms with E-state index >= 15 is 0 Å². The average molecular weight is 331 g/mol. The fraction of sp³-hybridized carbons (Fsp3) is 0.0625. The molecule has 0 saturated heterocycles. The van der Waals surface area contributed by atoms with Crippen LogP contribution in [0, 0.1) is 4.77 Å². The van der Waals surface area contributed by atoms with E-state index in [1.165, 1.54) is 11.5 Å². The van der Waals surface area contributed by atoms with Gasteiger partial charge in [0.05, 0.1) is 21.6 Å². The summed E-state index contributed by atoms with van der Waals surface area (Å²) in [5, 5.41) is 0.849. The number of benzene rings is 2. The van der Waals surface area contributed by atoms with Crippen molar-refractivity contribution in [1.29, 1.82) is 0 Å². The molecule has 0 saturated carbocycles. The summed E-state index contributed by atoms with van der Waals surface area (Å²) in [7, 11) is 0. The van der Waals surface area contributed by atoms with Crippen molar-refractivity contribution in [3.8, 4) is 5.69 Å². The van der Waals surface area contributed by atoms with Crippen molar-refractivity contribution in [3.05, 3.63) is 68.2 Å². The first-order chi connectivity index (χ1) is 10.5. The Bertz CT molecular complexity index is 1020. The number of halogens is 1. The zero-order valence-corrected chi connectivity index (χ0v) is 13.2. The second-order valence-corrected chi connectivity index (χ2v) is 5.63. The highest BCUT2D eigenvalue weighted by Crippen LogP contribution is 2.22. The first-order valence-corrected chi connectivity index (χ1v) is 7.32. The molecular weight excluding hydrogens is 320 g/mol. The molecule has 0 unspecified atom stereocenters. The summed E-state index contributed by atoms with van der Waals surface area (Å²) in [4.78, 5) is 27.3. The first-order valence-electron chi connectivity index (χ1n) is 6.54. The number of carbonyl (C=O) groups is 1. The highest BCUT2D eigenvalue weighted by atomic mass is 35.5. The van der Waals surface area contributed by atoms with Crippen LogP contribution in [0.15, 0.2) is 47.3 Å². The van der Waals surface area contributed by atoms with E-state index in [4.69, 9.17) is 23.8 Å². The number of aromatic amines is 1. The van der Waals surface area contributed by atoms with E-state index in [9.17, 15) is 9.59 Å². The lowest BCUT2D eigenvalue weighted by molar-refractivity contribution is 0.101. The van der Waals surface area contributed by atoms with Gasteiger partial charge in [-0.1, -0.05) is 23.7 Å². The maximum atomic E-state index is 12.7. The maximum absolute atomic E-state index is 12.7. The summed E-state index contributed by atoms with van der Waals surface area (Å²) < 4.78 is 1.54.